The van der Waals surface area contributed by atoms with Crippen LogP contribution in [-0.2, 0) is 14.4 Å². The Morgan fingerprint density at radius 2 is 1.45 bits per heavy atom. The van der Waals surface area contributed by atoms with E-state index < -0.39 is 36.3 Å². The molecule has 0 aromatic heterocycles. The molecule has 9 nitrogen and oxygen atoms in total. The van der Waals surface area contributed by atoms with Crippen molar-refractivity contribution in [1.29, 1.82) is 0 Å². The van der Waals surface area contributed by atoms with Gasteiger partial charge >= 0.3 is 23.9 Å². The minimum Gasteiger partial charge on any atom is -0.332 e. The first-order chi connectivity index (χ1) is 14.8. The van der Waals surface area contributed by atoms with Gasteiger partial charge in [-0.15, -0.1) is 0 Å². The highest BCUT2D eigenvalue weighted by atomic mass is 16.2. The number of nitrogens with zero attached hydrogens (tertiary/aromatic N) is 2. The molecule has 6 fully saturated rings. The van der Waals surface area contributed by atoms with E-state index in [4.69, 9.17) is 0 Å². The second-order valence-electron chi connectivity index (χ2n) is 10.3. The number of amides is 7. The highest BCUT2D eigenvalue weighted by Crippen LogP contribution is 2.55. The van der Waals surface area contributed by atoms with Crippen LogP contribution >= 0.6 is 0 Å². The summed E-state index contributed by atoms with van der Waals surface area (Å²) in [4.78, 5) is 64.0. The van der Waals surface area contributed by atoms with Crippen molar-refractivity contribution in [1.82, 2.24) is 20.4 Å². The fourth-order valence-corrected chi connectivity index (χ4v) is 7.17. The van der Waals surface area contributed by atoms with Crippen LogP contribution in [0.25, 0.3) is 0 Å². The molecular formula is C22H30N4O5. The van der Waals surface area contributed by atoms with Gasteiger partial charge in [0, 0.05) is 11.6 Å². The zero-order valence-electron chi connectivity index (χ0n) is 17.7. The monoisotopic (exact) mass is 430 g/mol. The van der Waals surface area contributed by atoms with E-state index in [2.05, 4.69) is 10.6 Å². The van der Waals surface area contributed by atoms with Gasteiger partial charge in [0.25, 0.3) is 0 Å². The molecule has 5 saturated carbocycles. The Labute approximate surface area is 181 Å². The average Bonchev–Trinajstić information content (AvgIpc) is 2.90. The van der Waals surface area contributed by atoms with E-state index >= 15 is 0 Å². The summed E-state index contributed by atoms with van der Waals surface area (Å²) in [5, 5.41) is 5.30. The Hall–Kier alpha value is -2.45. The zero-order valence-corrected chi connectivity index (χ0v) is 17.7. The fraction of sp³-hybridized carbons (Fsp3) is 0.773. The molecule has 0 atom stereocenters. The summed E-state index contributed by atoms with van der Waals surface area (Å²) in [6, 6.07) is -1.62. The van der Waals surface area contributed by atoms with Gasteiger partial charge in [0.15, 0.2) is 0 Å². The molecular weight excluding hydrogens is 400 g/mol. The maximum Gasteiger partial charge on any atom is 0.334 e. The predicted molar refractivity (Wildman–Crippen MR) is 108 cm³/mol. The topological polar surface area (TPSA) is 116 Å². The summed E-state index contributed by atoms with van der Waals surface area (Å²) in [6.07, 6.45) is 10.8. The smallest absolute Gasteiger partial charge is 0.332 e. The minimum absolute atomic E-state index is 0.244. The highest BCUT2D eigenvalue weighted by Gasteiger charge is 2.52. The molecule has 6 aliphatic rings. The molecule has 4 bridgehead atoms. The third-order valence-corrected chi connectivity index (χ3v) is 8.00. The Bertz CT molecular complexity index is 798. The maximum absolute atomic E-state index is 12.7. The van der Waals surface area contributed by atoms with Gasteiger partial charge in [-0.05, 0) is 69.1 Å². The van der Waals surface area contributed by atoms with Crippen molar-refractivity contribution >= 4 is 29.8 Å². The minimum atomic E-state index is -0.993. The first kappa shape index (κ1) is 20.5. The summed E-state index contributed by atoms with van der Waals surface area (Å²) in [7, 11) is 0. The Morgan fingerprint density at radius 3 is 2.03 bits per heavy atom. The first-order valence-electron chi connectivity index (χ1n) is 11.6. The van der Waals surface area contributed by atoms with Crippen molar-refractivity contribution < 1.29 is 24.0 Å². The number of hydrogen-bond acceptors (Lipinski definition) is 5. The molecule has 0 unspecified atom stereocenters. The van der Waals surface area contributed by atoms with Gasteiger partial charge in [0.05, 0.1) is 0 Å². The van der Waals surface area contributed by atoms with Crippen LogP contribution in [0, 0.1) is 17.8 Å². The largest absolute Gasteiger partial charge is 0.334 e. The van der Waals surface area contributed by atoms with Gasteiger partial charge in [-0.1, -0.05) is 19.3 Å². The molecule has 6 rings (SSSR count). The van der Waals surface area contributed by atoms with Crippen LogP contribution < -0.4 is 10.6 Å². The molecule has 31 heavy (non-hydrogen) atoms. The molecule has 1 saturated heterocycles. The van der Waals surface area contributed by atoms with Crippen LogP contribution in [-0.4, -0.2) is 57.7 Å². The van der Waals surface area contributed by atoms with Crippen molar-refractivity contribution in [2.75, 3.05) is 6.54 Å². The molecule has 0 aromatic carbocycles. The summed E-state index contributed by atoms with van der Waals surface area (Å²) < 4.78 is 0. The average molecular weight is 431 g/mol. The lowest BCUT2D eigenvalue weighted by atomic mass is 9.53. The molecule has 5 aliphatic carbocycles. The predicted octanol–water partition coefficient (Wildman–Crippen LogP) is 1.90. The molecule has 1 aliphatic heterocycles. The summed E-state index contributed by atoms with van der Waals surface area (Å²) in [5.74, 6) is -0.672. The molecule has 1 heterocycles. The fourth-order valence-electron chi connectivity index (χ4n) is 7.17. The third-order valence-electron chi connectivity index (χ3n) is 8.00. The van der Waals surface area contributed by atoms with Crippen LogP contribution in [0.1, 0.15) is 70.6 Å². The number of hydrogen-bond donors (Lipinski definition) is 2. The lowest BCUT2D eigenvalue weighted by Gasteiger charge is -2.56. The number of rotatable bonds is 4. The van der Waals surface area contributed by atoms with Crippen molar-refractivity contribution in [3.63, 3.8) is 0 Å². The lowest BCUT2D eigenvalue weighted by molar-refractivity contribution is -0.144. The maximum atomic E-state index is 12.7. The van der Waals surface area contributed by atoms with Crippen molar-refractivity contribution in [3.05, 3.63) is 0 Å². The van der Waals surface area contributed by atoms with E-state index in [9.17, 15) is 24.0 Å². The second kappa shape index (κ2) is 7.60. The third kappa shape index (κ3) is 3.72. The number of carbonyl (C=O) groups excluding carboxylic acids is 5. The lowest BCUT2D eigenvalue weighted by Crippen LogP contribution is -2.62. The van der Waals surface area contributed by atoms with Gasteiger partial charge < -0.3 is 5.32 Å². The van der Waals surface area contributed by atoms with E-state index in [1.54, 1.807) is 0 Å². The number of imide groups is 3. The molecule has 168 valence electrons. The van der Waals surface area contributed by atoms with E-state index in [-0.39, 0.29) is 11.6 Å². The van der Waals surface area contributed by atoms with Crippen molar-refractivity contribution in [2.45, 2.75) is 82.2 Å². The summed E-state index contributed by atoms with van der Waals surface area (Å²) in [6.45, 7) is -0.624. The quantitative estimate of drug-likeness (QED) is 0.522. The summed E-state index contributed by atoms with van der Waals surface area (Å²) in [5.41, 5.74) is -0.244. The van der Waals surface area contributed by atoms with E-state index in [0.29, 0.717) is 35.5 Å². The summed E-state index contributed by atoms with van der Waals surface area (Å²) >= 11 is 0. The standard InChI is InChI=1S/C22H30N4O5/c27-17(12-25-18(28)19(29)26(21(25)31)16-4-2-1-3-5-16)23-20(30)24-22-9-13-6-14(10-22)8-15(7-13)11-22/h13-16H,1-12H2,(H2,23,24,27,30). The highest BCUT2D eigenvalue weighted by molar-refractivity contribution is 6.45. The van der Waals surface area contributed by atoms with E-state index in [1.807, 2.05) is 0 Å². The Kier molecular flexibility index (Phi) is 5.01. The van der Waals surface area contributed by atoms with Gasteiger partial charge in [-0.3, -0.25) is 24.6 Å². The van der Waals surface area contributed by atoms with Gasteiger partial charge in [-0.25, -0.2) is 14.5 Å². The number of urea groups is 2. The van der Waals surface area contributed by atoms with Crippen LogP contribution in [0.2, 0.25) is 0 Å². The van der Waals surface area contributed by atoms with Gasteiger partial charge in [0.1, 0.15) is 6.54 Å². The van der Waals surface area contributed by atoms with Crippen LogP contribution in [0.4, 0.5) is 9.59 Å². The van der Waals surface area contributed by atoms with E-state index in [0.717, 1.165) is 43.4 Å². The van der Waals surface area contributed by atoms with E-state index in [1.165, 1.54) is 19.3 Å². The normalized spacial score (nSPS) is 35.1. The zero-order chi connectivity index (χ0) is 21.8. The molecule has 2 N–H and O–H groups in total. The molecule has 0 spiro atoms. The Balaban J connectivity index is 1.18. The van der Waals surface area contributed by atoms with Crippen molar-refractivity contribution in [2.24, 2.45) is 17.8 Å². The van der Waals surface area contributed by atoms with Gasteiger partial charge in [-0.2, -0.15) is 0 Å². The van der Waals surface area contributed by atoms with Crippen molar-refractivity contribution in [3.8, 4) is 0 Å². The molecule has 9 heteroatoms. The molecule has 0 radical (unpaired) electrons. The van der Waals surface area contributed by atoms with Crippen LogP contribution in [0.15, 0.2) is 0 Å². The second-order valence-corrected chi connectivity index (χ2v) is 10.3. The van der Waals surface area contributed by atoms with Crippen LogP contribution in [0.5, 0.6) is 0 Å². The van der Waals surface area contributed by atoms with Gasteiger partial charge in [0.2, 0.25) is 5.91 Å². The first-order valence-corrected chi connectivity index (χ1v) is 11.6. The molecule has 0 aromatic rings. The SMILES string of the molecule is O=C(CN1C(=O)C(=O)N(C2CCCCC2)C1=O)NC(=O)NC12CC3CC(CC(C3)C1)C2. The number of nitrogens with one attached hydrogen (secondary N) is 2. The Morgan fingerprint density at radius 1 is 0.871 bits per heavy atom. The molecule has 7 amide bonds. The van der Waals surface area contributed by atoms with Crippen LogP contribution in [0.3, 0.4) is 0 Å². The number of carbonyl (C=O) groups is 5.